The Kier molecular flexibility index (Phi) is 8.33. The van der Waals surface area contributed by atoms with Gasteiger partial charge in [-0.3, -0.25) is 14.4 Å². The van der Waals surface area contributed by atoms with Gasteiger partial charge >= 0.3 is 0 Å². The standard InChI is InChI=1S/C31H37N5O3/c1-6-11-35(12-7-2)30(38)24-16-26-20(3)14-23(17-27(26)33-28(32)18-24)21-8-9-25-22(15-21)10-13-36(31(25)39)19-29(37)34(4)5/h8-10,13-17H,6-7,11-12,18-19H2,1-5H3,(H2,32,33). The molecule has 0 saturated carbocycles. The van der Waals surface area contributed by atoms with Crippen LogP contribution in [0.3, 0.4) is 0 Å². The zero-order valence-corrected chi connectivity index (χ0v) is 23.5. The van der Waals surface area contributed by atoms with Gasteiger partial charge in [-0.1, -0.05) is 26.0 Å². The van der Waals surface area contributed by atoms with E-state index in [4.69, 9.17) is 5.73 Å². The monoisotopic (exact) mass is 527 g/mol. The Morgan fingerprint density at radius 2 is 1.74 bits per heavy atom. The highest BCUT2D eigenvalue weighted by Gasteiger charge is 2.22. The van der Waals surface area contributed by atoms with Crippen molar-refractivity contribution in [2.45, 2.75) is 46.6 Å². The summed E-state index contributed by atoms with van der Waals surface area (Å²) in [7, 11) is 3.34. The Morgan fingerprint density at radius 3 is 2.41 bits per heavy atom. The summed E-state index contributed by atoms with van der Waals surface area (Å²) < 4.78 is 1.43. The molecule has 204 valence electrons. The number of aliphatic imine (C=N–C) groups is 1. The Bertz CT molecular complexity index is 1540. The summed E-state index contributed by atoms with van der Waals surface area (Å²) in [4.78, 5) is 46.5. The molecule has 0 radical (unpaired) electrons. The Balaban J connectivity index is 1.72. The summed E-state index contributed by atoms with van der Waals surface area (Å²) in [5.74, 6) is 0.278. The molecule has 1 aliphatic heterocycles. The number of pyridine rings is 1. The lowest BCUT2D eigenvalue weighted by molar-refractivity contribution is -0.129. The lowest BCUT2D eigenvalue weighted by Gasteiger charge is -2.22. The van der Waals surface area contributed by atoms with Gasteiger partial charge in [0.2, 0.25) is 11.8 Å². The summed E-state index contributed by atoms with van der Waals surface area (Å²) in [5.41, 5.74) is 11.2. The third-order valence-electron chi connectivity index (χ3n) is 6.98. The average molecular weight is 528 g/mol. The average Bonchev–Trinajstić information content (AvgIpc) is 3.07. The van der Waals surface area contributed by atoms with Gasteiger partial charge in [-0.2, -0.15) is 0 Å². The van der Waals surface area contributed by atoms with Crippen molar-refractivity contribution in [3.05, 3.63) is 69.6 Å². The van der Waals surface area contributed by atoms with Crippen molar-refractivity contribution in [1.82, 2.24) is 14.4 Å². The maximum absolute atomic E-state index is 13.4. The topological polar surface area (TPSA) is 101 Å². The Labute approximate surface area is 229 Å². The number of carbonyl (C=O) groups excluding carboxylic acids is 2. The highest BCUT2D eigenvalue weighted by molar-refractivity contribution is 6.06. The number of aryl methyl sites for hydroxylation is 1. The molecule has 2 heterocycles. The highest BCUT2D eigenvalue weighted by Crippen LogP contribution is 2.35. The van der Waals surface area contributed by atoms with Crippen molar-refractivity contribution in [1.29, 1.82) is 0 Å². The van der Waals surface area contributed by atoms with Crippen LogP contribution < -0.4 is 11.3 Å². The minimum atomic E-state index is -0.202. The molecule has 4 rings (SSSR count). The number of likely N-dealkylation sites (N-methyl/N-ethyl adjacent to an activating group) is 1. The van der Waals surface area contributed by atoms with E-state index in [1.807, 2.05) is 42.2 Å². The fraction of sp³-hybridized carbons (Fsp3) is 0.355. The molecule has 0 atom stereocenters. The molecular formula is C31H37N5O3. The number of benzene rings is 2. The van der Waals surface area contributed by atoms with Crippen molar-refractivity contribution in [3.8, 4) is 11.1 Å². The molecule has 0 saturated heterocycles. The lowest BCUT2D eigenvalue weighted by Crippen LogP contribution is -2.34. The van der Waals surface area contributed by atoms with E-state index in [1.165, 1.54) is 9.47 Å². The fourth-order valence-corrected chi connectivity index (χ4v) is 4.92. The first kappa shape index (κ1) is 27.8. The number of amides is 2. The van der Waals surface area contributed by atoms with Gasteiger partial charge < -0.3 is 20.1 Å². The van der Waals surface area contributed by atoms with Crippen LogP contribution >= 0.6 is 0 Å². The molecule has 0 spiro atoms. The summed E-state index contributed by atoms with van der Waals surface area (Å²) in [6.45, 7) is 7.58. The first-order valence-corrected chi connectivity index (χ1v) is 13.4. The van der Waals surface area contributed by atoms with Crippen LogP contribution in [-0.4, -0.2) is 59.2 Å². The van der Waals surface area contributed by atoms with Gasteiger partial charge in [0.05, 0.1) is 5.69 Å². The molecule has 1 aliphatic rings. The molecule has 8 heteroatoms. The predicted octanol–water partition coefficient (Wildman–Crippen LogP) is 4.49. The molecule has 3 aromatic rings. The largest absolute Gasteiger partial charge is 0.387 e. The first-order valence-electron chi connectivity index (χ1n) is 13.4. The Morgan fingerprint density at radius 1 is 1.03 bits per heavy atom. The number of nitrogens with zero attached hydrogens (tertiary/aromatic N) is 4. The molecule has 0 aliphatic carbocycles. The SMILES string of the molecule is CCCN(CCC)C(=O)C1=Cc2c(C)cc(-c3ccc4c(=O)n(CC(=O)N(C)C)ccc4c3)cc2N=C(N)C1. The normalized spacial score (nSPS) is 12.8. The van der Waals surface area contributed by atoms with E-state index < -0.39 is 0 Å². The molecule has 2 aromatic carbocycles. The second-order valence-corrected chi connectivity index (χ2v) is 10.3. The van der Waals surface area contributed by atoms with E-state index in [-0.39, 0.29) is 23.9 Å². The minimum absolute atomic E-state index is 0.000372. The third kappa shape index (κ3) is 5.95. The number of hydrogen-bond donors (Lipinski definition) is 1. The number of rotatable bonds is 8. The number of hydrogen-bond acceptors (Lipinski definition) is 5. The fourth-order valence-electron chi connectivity index (χ4n) is 4.92. The van der Waals surface area contributed by atoms with E-state index >= 15 is 0 Å². The second kappa shape index (κ2) is 11.7. The maximum atomic E-state index is 13.4. The van der Waals surface area contributed by atoms with Crippen LogP contribution in [0, 0.1) is 6.92 Å². The van der Waals surface area contributed by atoms with Crippen LogP contribution in [-0.2, 0) is 16.1 Å². The molecule has 8 nitrogen and oxygen atoms in total. The van der Waals surface area contributed by atoms with Crippen LogP contribution in [0.4, 0.5) is 5.69 Å². The van der Waals surface area contributed by atoms with E-state index in [9.17, 15) is 14.4 Å². The molecule has 39 heavy (non-hydrogen) atoms. The molecule has 0 fully saturated rings. The summed E-state index contributed by atoms with van der Waals surface area (Å²) in [6.07, 6.45) is 5.71. The number of fused-ring (bicyclic) bond motifs is 2. The highest BCUT2D eigenvalue weighted by atomic mass is 16.2. The van der Waals surface area contributed by atoms with Crippen LogP contribution in [0.5, 0.6) is 0 Å². The van der Waals surface area contributed by atoms with Crippen molar-refractivity contribution >= 4 is 40.2 Å². The lowest BCUT2D eigenvalue weighted by atomic mass is 9.95. The van der Waals surface area contributed by atoms with Crippen molar-refractivity contribution < 1.29 is 9.59 Å². The van der Waals surface area contributed by atoms with Gasteiger partial charge in [0.1, 0.15) is 12.4 Å². The number of amidine groups is 1. The molecular weight excluding hydrogens is 490 g/mol. The van der Waals surface area contributed by atoms with Crippen molar-refractivity contribution in [2.75, 3.05) is 27.2 Å². The quantitative estimate of drug-likeness (QED) is 0.466. The summed E-state index contributed by atoms with van der Waals surface area (Å²) in [5, 5.41) is 1.35. The van der Waals surface area contributed by atoms with Crippen LogP contribution in [0.1, 0.15) is 44.2 Å². The zero-order chi connectivity index (χ0) is 28.3. The zero-order valence-electron chi connectivity index (χ0n) is 23.5. The van der Waals surface area contributed by atoms with Gasteiger partial charge in [0.25, 0.3) is 5.56 Å². The minimum Gasteiger partial charge on any atom is -0.387 e. The molecule has 0 unspecified atom stereocenters. The number of carbonyl (C=O) groups is 2. The van der Waals surface area contributed by atoms with Crippen molar-refractivity contribution in [3.63, 3.8) is 0 Å². The second-order valence-electron chi connectivity index (χ2n) is 10.3. The summed E-state index contributed by atoms with van der Waals surface area (Å²) in [6, 6.07) is 11.6. The van der Waals surface area contributed by atoms with Crippen LogP contribution in [0.25, 0.3) is 28.0 Å². The van der Waals surface area contributed by atoms with E-state index in [0.717, 1.165) is 46.2 Å². The third-order valence-corrected chi connectivity index (χ3v) is 6.98. The number of nitrogens with two attached hydrogens (primary N) is 1. The van der Waals surface area contributed by atoms with Crippen LogP contribution in [0.2, 0.25) is 0 Å². The molecule has 0 bridgehead atoms. The first-order chi connectivity index (χ1) is 18.6. The van der Waals surface area contributed by atoms with E-state index in [0.29, 0.717) is 36.3 Å². The van der Waals surface area contributed by atoms with E-state index in [1.54, 1.807) is 26.4 Å². The summed E-state index contributed by atoms with van der Waals surface area (Å²) >= 11 is 0. The van der Waals surface area contributed by atoms with Crippen molar-refractivity contribution in [2.24, 2.45) is 10.7 Å². The Hall–Kier alpha value is -4.20. The van der Waals surface area contributed by atoms with Gasteiger partial charge in [-0.15, -0.1) is 0 Å². The smallest absolute Gasteiger partial charge is 0.258 e. The van der Waals surface area contributed by atoms with Gasteiger partial charge in [-0.25, -0.2) is 4.99 Å². The number of aromatic nitrogens is 1. The maximum Gasteiger partial charge on any atom is 0.258 e. The van der Waals surface area contributed by atoms with E-state index in [2.05, 4.69) is 24.9 Å². The molecule has 2 amide bonds. The molecule has 2 N–H and O–H groups in total. The molecule has 1 aromatic heterocycles. The van der Waals surface area contributed by atoms with Gasteiger partial charge in [0, 0.05) is 56.3 Å². The van der Waals surface area contributed by atoms with Gasteiger partial charge in [-0.05, 0) is 72.2 Å². The van der Waals surface area contributed by atoms with Crippen LogP contribution in [0.15, 0.2) is 58.0 Å². The van der Waals surface area contributed by atoms with Gasteiger partial charge in [0.15, 0.2) is 0 Å². The predicted molar refractivity (Wildman–Crippen MR) is 158 cm³/mol.